The first-order valence-corrected chi connectivity index (χ1v) is 8.48. The minimum absolute atomic E-state index is 0.228. The molecule has 2 amide bonds. The Balaban J connectivity index is 1.65. The molecule has 128 valence electrons. The average Bonchev–Trinajstić information content (AvgIpc) is 3.09. The Morgan fingerprint density at radius 2 is 2.21 bits per heavy atom. The lowest BCUT2D eigenvalue weighted by atomic mass is 9.90. The SMILES string of the molecule is Cc1cc(Br)cn2cc(CNC(=O)N3CCC(C)(C(=O)O)C3)nc12. The van der Waals surface area contributed by atoms with Crippen molar-refractivity contribution in [3.05, 3.63) is 34.2 Å². The molecule has 1 aliphatic heterocycles. The van der Waals surface area contributed by atoms with E-state index in [1.54, 1.807) is 11.8 Å². The van der Waals surface area contributed by atoms with Crippen LogP contribution in [-0.4, -0.2) is 44.5 Å². The molecule has 0 saturated carbocycles. The maximum Gasteiger partial charge on any atom is 0.317 e. The number of aryl methyl sites for hydroxylation is 1. The minimum atomic E-state index is -0.862. The van der Waals surface area contributed by atoms with Gasteiger partial charge in [0.1, 0.15) is 5.65 Å². The number of carbonyl (C=O) groups excluding carboxylic acids is 1. The summed E-state index contributed by atoms with van der Waals surface area (Å²) in [6.07, 6.45) is 4.26. The van der Waals surface area contributed by atoms with Gasteiger partial charge < -0.3 is 19.7 Å². The van der Waals surface area contributed by atoms with Crippen LogP contribution in [0, 0.1) is 12.3 Å². The van der Waals surface area contributed by atoms with Gasteiger partial charge in [0.2, 0.25) is 0 Å². The minimum Gasteiger partial charge on any atom is -0.481 e. The topological polar surface area (TPSA) is 86.9 Å². The van der Waals surface area contributed by atoms with E-state index in [2.05, 4.69) is 26.2 Å². The van der Waals surface area contributed by atoms with E-state index in [4.69, 9.17) is 0 Å². The molecule has 0 spiro atoms. The monoisotopic (exact) mass is 394 g/mol. The summed E-state index contributed by atoms with van der Waals surface area (Å²) in [6.45, 7) is 4.63. The molecule has 2 aromatic heterocycles. The largest absolute Gasteiger partial charge is 0.481 e. The number of nitrogens with zero attached hydrogens (tertiary/aromatic N) is 3. The van der Waals surface area contributed by atoms with Crippen LogP contribution < -0.4 is 5.32 Å². The molecule has 3 heterocycles. The second kappa shape index (κ2) is 6.08. The van der Waals surface area contributed by atoms with Crippen molar-refractivity contribution in [3.63, 3.8) is 0 Å². The summed E-state index contributed by atoms with van der Waals surface area (Å²) in [5.41, 5.74) is 1.79. The van der Waals surface area contributed by atoms with Crippen molar-refractivity contribution in [1.29, 1.82) is 0 Å². The van der Waals surface area contributed by atoms with Crippen molar-refractivity contribution in [2.75, 3.05) is 13.1 Å². The number of carboxylic acids is 1. The molecule has 0 radical (unpaired) electrons. The summed E-state index contributed by atoms with van der Waals surface area (Å²) in [4.78, 5) is 29.6. The molecule has 1 unspecified atom stereocenters. The molecule has 3 rings (SSSR count). The quantitative estimate of drug-likeness (QED) is 0.836. The number of aromatic nitrogens is 2. The second-order valence-corrected chi connectivity index (χ2v) is 7.42. The first-order chi connectivity index (χ1) is 11.3. The Bertz CT molecular complexity index is 819. The van der Waals surface area contributed by atoms with Crippen LogP contribution in [0.4, 0.5) is 4.79 Å². The Hall–Kier alpha value is -2.09. The number of halogens is 1. The van der Waals surface area contributed by atoms with E-state index in [0.29, 0.717) is 19.5 Å². The van der Waals surface area contributed by atoms with Gasteiger partial charge in [-0.2, -0.15) is 0 Å². The lowest BCUT2D eigenvalue weighted by Gasteiger charge is -2.20. The van der Waals surface area contributed by atoms with Crippen molar-refractivity contribution < 1.29 is 14.7 Å². The molecular formula is C16H19BrN4O3. The van der Waals surface area contributed by atoms with Crippen molar-refractivity contribution in [1.82, 2.24) is 19.6 Å². The number of hydrogen-bond acceptors (Lipinski definition) is 3. The fourth-order valence-corrected chi connectivity index (χ4v) is 3.51. The fourth-order valence-electron chi connectivity index (χ4n) is 2.95. The van der Waals surface area contributed by atoms with E-state index < -0.39 is 11.4 Å². The summed E-state index contributed by atoms with van der Waals surface area (Å²) in [5.74, 6) is -0.862. The molecule has 1 fully saturated rings. The lowest BCUT2D eigenvalue weighted by Crippen LogP contribution is -2.40. The zero-order valence-corrected chi connectivity index (χ0v) is 15.1. The second-order valence-electron chi connectivity index (χ2n) is 6.50. The molecule has 8 heteroatoms. The van der Waals surface area contributed by atoms with Crippen LogP contribution in [0.25, 0.3) is 5.65 Å². The third kappa shape index (κ3) is 3.10. The highest BCUT2D eigenvalue weighted by atomic mass is 79.9. The number of likely N-dealkylation sites (tertiary alicyclic amines) is 1. The zero-order valence-electron chi connectivity index (χ0n) is 13.5. The maximum absolute atomic E-state index is 12.2. The number of rotatable bonds is 3. The van der Waals surface area contributed by atoms with E-state index in [1.807, 2.05) is 29.8 Å². The third-order valence-electron chi connectivity index (χ3n) is 4.45. The van der Waals surface area contributed by atoms with Crippen LogP contribution in [0.3, 0.4) is 0 Å². The molecular weight excluding hydrogens is 376 g/mol. The molecule has 0 bridgehead atoms. The smallest absolute Gasteiger partial charge is 0.317 e. The molecule has 2 N–H and O–H groups in total. The molecule has 0 aromatic carbocycles. The fraction of sp³-hybridized carbons (Fsp3) is 0.438. The summed E-state index contributed by atoms with van der Waals surface area (Å²) >= 11 is 3.45. The first kappa shape index (κ1) is 16.8. The highest BCUT2D eigenvalue weighted by Gasteiger charge is 2.42. The number of carboxylic acid groups (broad SMARTS) is 1. The van der Waals surface area contributed by atoms with Gasteiger partial charge in [-0.05, 0) is 47.8 Å². The number of carbonyl (C=O) groups is 2. The van der Waals surface area contributed by atoms with E-state index >= 15 is 0 Å². The van der Waals surface area contributed by atoms with Crippen LogP contribution in [-0.2, 0) is 11.3 Å². The van der Waals surface area contributed by atoms with E-state index in [-0.39, 0.29) is 12.6 Å². The molecule has 1 atom stereocenters. The van der Waals surface area contributed by atoms with Crippen molar-refractivity contribution in [2.24, 2.45) is 5.41 Å². The van der Waals surface area contributed by atoms with Crippen LogP contribution >= 0.6 is 15.9 Å². The number of aliphatic carboxylic acids is 1. The first-order valence-electron chi connectivity index (χ1n) is 7.68. The van der Waals surface area contributed by atoms with Gasteiger partial charge in [0.15, 0.2) is 0 Å². The van der Waals surface area contributed by atoms with Gasteiger partial charge in [-0.25, -0.2) is 9.78 Å². The van der Waals surface area contributed by atoms with Gasteiger partial charge in [0.25, 0.3) is 0 Å². The summed E-state index contributed by atoms with van der Waals surface area (Å²) < 4.78 is 2.88. The molecule has 2 aromatic rings. The van der Waals surface area contributed by atoms with Gasteiger partial charge in [0.05, 0.1) is 17.7 Å². The molecule has 1 saturated heterocycles. The summed E-state index contributed by atoms with van der Waals surface area (Å²) in [7, 11) is 0. The van der Waals surface area contributed by atoms with E-state index in [1.165, 1.54) is 0 Å². The van der Waals surface area contributed by atoms with Gasteiger partial charge in [-0.15, -0.1) is 0 Å². The highest BCUT2D eigenvalue weighted by molar-refractivity contribution is 9.10. The number of fused-ring (bicyclic) bond motifs is 1. The van der Waals surface area contributed by atoms with Crippen LogP contribution in [0.1, 0.15) is 24.6 Å². The van der Waals surface area contributed by atoms with Crippen molar-refractivity contribution in [3.8, 4) is 0 Å². The van der Waals surface area contributed by atoms with Gasteiger partial charge in [-0.3, -0.25) is 4.79 Å². The predicted octanol–water partition coefficient (Wildman–Crippen LogP) is 2.41. The van der Waals surface area contributed by atoms with Crippen LogP contribution in [0.15, 0.2) is 22.9 Å². The molecule has 7 nitrogen and oxygen atoms in total. The van der Waals surface area contributed by atoms with Crippen LogP contribution in [0.5, 0.6) is 0 Å². The van der Waals surface area contributed by atoms with Gasteiger partial charge in [-0.1, -0.05) is 0 Å². The number of imidazole rings is 1. The third-order valence-corrected chi connectivity index (χ3v) is 4.88. The Morgan fingerprint density at radius 3 is 2.88 bits per heavy atom. The van der Waals surface area contributed by atoms with Gasteiger partial charge in [0, 0.05) is 30.0 Å². The maximum atomic E-state index is 12.2. The van der Waals surface area contributed by atoms with Gasteiger partial charge >= 0.3 is 12.0 Å². The summed E-state index contributed by atoms with van der Waals surface area (Å²) in [5, 5.41) is 12.1. The molecule has 1 aliphatic rings. The zero-order chi connectivity index (χ0) is 17.5. The molecule has 0 aliphatic carbocycles. The van der Waals surface area contributed by atoms with E-state index in [0.717, 1.165) is 21.4 Å². The number of hydrogen-bond donors (Lipinski definition) is 2. The Kier molecular flexibility index (Phi) is 4.25. The molecule has 24 heavy (non-hydrogen) atoms. The highest BCUT2D eigenvalue weighted by Crippen LogP contribution is 2.30. The summed E-state index contributed by atoms with van der Waals surface area (Å²) in [6, 6.07) is 1.73. The van der Waals surface area contributed by atoms with Crippen molar-refractivity contribution in [2.45, 2.75) is 26.8 Å². The lowest BCUT2D eigenvalue weighted by molar-refractivity contribution is -0.147. The van der Waals surface area contributed by atoms with Crippen LogP contribution in [0.2, 0.25) is 0 Å². The number of nitrogens with one attached hydrogen (secondary N) is 1. The Morgan fingerprint density at radius 1 is 1.46 bits per heavy atom. The number of pyridine rings is 1. The van der Waals surface area contributed by atoms with Crippen molar-refractivity contribution >= 4 is 33.6 Å². The number of urea groups is 1. The Labute approximate surface area is 147 Å². The number of amides is 2. The predicted molar refractivity (Wildman–Crippen MR) is 91.8 cm³/mol. The normalized spacial score (nSPS) is 20.5. The van der Waals surface area contributed by atoms with E-state index in [9.17, 15) is 14.7 Å². The average molecular weight is 395 g/mol. The standard InChI is InChI=1S/C16H19BrN4O3/c1-10-5-11(17)7-21-8-12(19-13(10)21)6-18-15(24)20-4-3-16(2,9-20)14(22)23/h5,7-8H,3-4,6,9H2,1-2H3,(H,18,24)(H,22,23).